The smallest absolute Gasteiger partial charge is 0.209 e. The Kier molecular flexibility index (Phi) is 8.00. The number of nitrogens with zero attached hydrogens (tertiary/aromatic N) is 4. The molecule has 29 heavy (non-hydrogen) atoms. The van der Waals surface area contributed by atoms with Gasteiger partial charge in [0.05, 0.1) is 7.11 Å². The first kappa shape index (κ1) is 21.7. The van der Waals surface area contributed by atoms with Crippen LogP contribution in [0.1, 0.15) is 11.1 Å². The number of hydrogen-bond donors (Lipinski definition) is 1. The summed E-state index contributed by atoms with van der Waals surface area (Å²) >= 11 is 13.9. The van der Waals surface area contributed by atoms with Gasteiger partial charge in [-0.25, -0.2) is 4.68 Å². The van der Waals surface area contributed by atoms with E-state index < -0.39 is 0 Å². The predicted octanol–water partition coefficient (Wildman–Crippen LogP) is 3.99. The van der Waals surface area contributed by atoms with Crippen LogP contribution in [0.5, 0.6) is 11.5 Å². The second-order valence-corrected chi connectivity index (χ2v) is 8.03. The van der Waals surface area contributed by atoms with Gasteiger partial charge in [0.1, 0.15) is 6.61 Å². The molecule has 0 saturated heterocycles. The van der Waals surface area contributed by atoms with E-state index in [1.165, 1.54) is 0 Å². The standard InChI is InChI=1S/C19H21Cl2N5O2S/c1-26-19(23-24-25-26)29-8-7-22-11-14-9-17(27-2)18(10-16(14)21)28-12-13-3-5-15(20)6-4-13/h3-6,9-10,22H,7-8,11-12H2,1-2H3. The lowest BCUT2D eigenvalue weighted by atomic mass is 10.2. The summed E-state index contributed by atoms with van der Waals surface area (Å²) < 4.78 is 13.0. The topological polar surface area (TPSA) is 74.1 Å². The number of aryl methyl sites for hydroxylation is 1. The molecule has 0 aliphatic rings. The summed E-state index contributed by atoms with van der Waals surface area (Å²) in [6.07, 6.45) is 0. The molecule has 10 heteroatoms. The highest BCUT2D eigenvalue weighted by molar-refractivity contribution is 7.99. The maximum Gasteiger partial charge on any atom is 0.209 e. The lowest BCUT2D eigenvalue weighted by molar-refractivity contribution is 0.284. The molecular formula is C19H21Cl2N5O2S. The van der Waals surface area contributed by atoms with E-state index in [2.05, 4.69) is 20.8 Å². The number of halogens is 2. The summed E-state index contributed by atoms with van der Waals surface area (Å²) in [5, 5.41) is 16.8. The molecule has 3 aromatic rings. The second-order valence-electron chi connectivity index (χ2n) is 6.12. The molecule has 0 radical (unpaired) electrons. The van der Waals surface area contributed by atoms with Gasteiger partial charge in [-0.1, -0.05) is 47.1 Å². The molecule has 1 N–H and O–H groups in total. The average Bonchev–Trinajstić information content (AvgIpc) is 3.13. The monoisotopic (exact) mass is 453 g/mol. The maximum absolute atomic E-state index is 6.45. The van der Waals surface area contributed by atoms with Crippen molar-refractivity contribution in [3.8, 4) is 11.5 Å². The normalized spacial score (nSPS) is 10.9. The van der Waals surface area contributed by atoms with Gasteiger partial charge in [0.2, 0.25) is 5.16 Å². The van der Waals surface area contributed by atoms with Crippen LogP contribution in [0.15, 0.2) is 41.6 Å². The molecule has 0 unspecified atom stereocenters. The van der Waals surface area contributed by atoms with Crippen molar-refractivity contribution in [3.63, 3.8) is 0 Å². The molecule has 0 spiro atoms. The predicted molar refractivity (Wildman–Crippen MR) is 115 cm³/mol. The zero-order valence-electron chi connectivity index (χ0n) is 16.1. The van der Waals surface area contributed by atoms with E-state index in [9.17, 15) is 0 Å². The van der Waals surface area contributed by atoms with E-state index in [1.54, 1.807) is 29.6 Å². The number of hydrogen-bond acceptors (Lipinski definition) is 7. The molecule has 0 saturated carbocycles. The molecular weight excluding hydrogens is 433 g/mol. The number of methoxy groups -OCH3 is 1. The van der Waals surface area contributed by atoms with Crippen molar-refractivity contribution >= 4 is 35.0 Å². The summed E-state index contributed by atoms with van der Waals surface area (Å²) in [6.45, 7) is 1.80. The van der Waals surface area contributed by atoms with Crippen molar-refractivity contribution in [2.24, 2.45) is 7.05 Å². The summed E-state index contributed by atoms with van der Waals surface area (Å²) in [4.78, 5) is 0. The number of rotatable bonds is 10. The second kappa shape index (κ2) is 10.7. The Labute approximate surface area is 183 Å². The minimum absolute atomic E-state index is 0.398. The van der Waals surface area contributed by atoms with Gasteiger partial charge < -0.3 is 14.8 Å². The van der Waals surface area contributed by atoms with E-state index in [0.717, 1.165) is 28.6 Å². The fourth-order valence-electron chi connectivity index (χ4n) is 2.51. The van der Waals surface area contributed by atoms with Crippen LogP contribution in [-0.4, -0.2) is 39.6 Å². The SMILES string of the molecule is COc1cc(CNCCSc2nnnn2C)c(Cl)cc1OCc1ccc(Cl)cc1. The average molecular weight is 454 g/mol. The van der Waals surface area contributed by atoms with Crippen LogP contribution in [0.25, 0.3) is 0 Å². The fraction of sp³-hybridized carbons (Fsp3) is 0.316. The zero-order valence-corrected chi connectivity index (χ0v) is 18.4. The summed E-state index contributed by atoms with van der Waals surface area (Å²) in [7, 11) is 3.43. The molecule has 0 aliphatic carbocycles. The van der Waals surface area contributed by atoms with Gasteiger partial charge in [-0.05, 0) is 39.8 Å². The van der Waals surface area contributed by atoms with Crippen LogP contribution in [0.3, 0.4) is 0 Å². The lowest BCUT2D eigenvalue weighted by Crippen LogP contribution is -2.17. The Morgan fingerprint density at radius 3 is 2.62 bits per heavy atom. The zero-order chi connectivity index (χ0) is 20.6. The molecule has 0 aliphatic heterocycles. The summed E-state index contributed by atoms with van der Waals surface area (Å²) in [6, 6.07) is 11.2. The Bertz CT molecular complexity index is 937. The van der Waals surface area contributed by atoms with Gasteiger partial charge in [-0.3, -0.25) is 0 Å². The highest BCUT2D eigenvalue weighted by Crippen LogP contribution is 2.34. The third-order valence-electron chi connectivity index (χ3n) is 4.05. The summed E-state index contributed by atoms with van der Waals surface area (Å²) in [5.41, 5.74) is 1.95. The first-order valence-corrected chi connectivity index (χ1v) is 10.6. The van der Waals surface area contributed by atoms with E-state index in [4.69, 9.17) is 32.7 Å². The molecule has 1 heterocycles. The molecule has 0 amide bonds. The Hall–Kier alpha value is -2.00. The van der Waals surface area contributed by atoms with Crippen molar-refractivity contribution in [2.45, 2.75) is 18.3 Å². The lowest BCUT2D eigenvalue weighted by Gasteiger charge is -2.14. The third kappa shape index (κ3) is 6.24. The van der Waals surface area contributed by atoms with Gasteiger partial charge in [-0.15, -0.1) is 5.10 Å². The number of nitrogens with one attached hydrogen (secondary N) is 1. The minimum atomic E-state index is 0.398. The van der Waals surface area contributed by atoms with Crippen LogP contribution >= 0.6 is 35.0 Å². The van der Waals surface area contributed by atoms with E-state index >= 15 is 0 Å². The van der Waals surface area contributed by atoms with E-state index in [0.29, 0.717) is 34.7 Å². The van der Waals surface area contributed by atoms with Gasteiger partial charge in [-0.2, -0.15) is 0 Å². The minimum Gasteiger partial charge on any atom is -0.493 e. The van der Waals surface area contributed by atoms with E-state index in [-0.39, 0.29) is 0 Å². The van der Waals surface area contributed by atoms with Crippen molar-refractivity contribution < 1.29 is 9.47 Å². The molecule has 0 atom stereocenters. The number of aromatic nitrogens is 4. The number of thioether (sulfide) groups is 1. The first-order valence-electron chi connectivity index (χ1n) is 8.86. The Balaban J connectivity index is 1.53. The van der Waals surface area contributed by atoms with Crippen LogP contribution in [-0.2, 0) is 20.2 Å². The molecule has 3 rings (SSSR count). The Morgan fingerprint density at radius 1 is 1.14 bits per heavy atom. The van der Waals surface area contributed by atoms with Crippen molar-refractivity contribution in [2.75, 3.05) is 19.4 Å². The van der Waals surface area contributed by atoms with Crippen molar-refractivity contribution in [3.05, 3.63) is 57.6 Å². The fourth-order valence-corrected chi connectivity index (χ4v) is 3.60. The largest absolute Gasteiger partial charge is 0.493 e. The van der Waals surface area contributed by atoms with Crippen molar-refractivity contribution in [1.29, 1.82) is 0 Å². The van der Waals surface area contributed by atoms with Gasteiger partial charge in [0.25, 0.3) is 0 Å². The van der Waals surface area contributed by atoms with Gasteiger partial charge in [0.15, 0.2) is 11.5 Å². The molecule has 1 aromatic heterocycles. The quantitative estimate of drug-likeness (QED) is 0.367. The third-order valence-corrected chi connectivity index (χ3v) is 5.66. The number of ether oxygens (including phenoxy) is 2. The molecule has 154 valence electrons. The molecule has 0 bridgehead atoms. The first-order chi connectivity index (χ1) is 14.1. The highest BCUT2D eigenvalue weighted by Gasteiger charge is 2.11. The molecule has 2 aromatic carbocycles. The summed E-state index contributed by atoms with van der Waals surface area (Å²) in [5.74, 6) is 2.08. The van der Waals surface area contributed by atoms with E-state index in [1.807, 2.05) is 37.4 Å². The van der Waals surface area contributed by atoms with Gasteiger partial charge >= 0.3 is 0 Å². The van der Waals surface area contributed by atoms with Crippen LogP contribution in [0, 0.1) is 0 Å². The number of benzene rings is 2. The van der Waals surface area contributed by atoms with Crippen LogP contribution in [0.4, 0.5) is 0 Å². The van der Waals surface area contributed by atoms with Crippen LogP contribution in [0.2, 0.25) is 10.0 Å². The highest BCUT2D eigenvalue weighted by atomic mass is 35.5. The van der Waals surface area contributed by atoms with Crippen LogP contribution < -0.4 is 14.8 Å². The maximum atomic E-state index is 6.45. The van der Waals surface area contributed by atoms with Crippen molar-refractivity contribution in [1.82, 2.24) is 25.5 Å². The Morgan fingerprint density at radius 2 is 1.93 bits per heavy atom. The number of tetrazole rings is 1. The molecule has 0 fully saturated rings. The molecule has 7 nitrogen and oxygen atoms in total. The van der Waals surface area contributed by atoms with Gasteiger partial charge in [0, 0.05) is 42.0 Å².